The molecule has 5 heteroatoms. The normalized spacial score (nSPS) is 10.1. The summed E-state index contributed by atoms with van der Waals surface area (Å²) in [6.45, 7) is 1.35. The monoisotopic (exact) mass is 288 g/mol. The maximum atomic E-state index is 10.9. The number of hydrogen-bond acceptors (Lipinski definition) is 4. The van der Waals surface area contributed by atoms with Gasteiger partial charge in [0, 0.05) is 16.7 Å². The third kappa shape index (κ3) is 3.86. The Balaban J connectivity index is 2.13. The van der Waals surface area contributed by atoms with Gasteiger partial charge in [-0.25, -0.2) is 4.79 Å². The summed E-state index contributed by atoms with van der Waals surface area (Å²) >= 11 is 1.47. The highest BCUT2D eigenvalue weighted by molar-refractivity contribution is 7.99. The Labute approximate surface area is 120 Å². The lowest BCUT2D eigenvalue weighted by atomic mass is 10.2. The maximum Gasteiger partial charge on any atom is 0.335 e. The zero-order valence-electron chi connectivity index (χ0n) is 10.7. The molecule has 2 rings (SSSR count). The van der Waals surface area contributed by atoms with Crippen molar-refractivity contribution >= 4 is 23.7 Å². The summed E-state index contributed by atoms with van der Waals surface area (Å²) in [5.41, 5.74) is 0.253. The lowest BCUT2D eigenvalue weighted by Crippen LogP contribution is -2.00. The molecule has 0 radical (unpaired) electrons. The number of esters is 1. The predicted molar refractivity (Wildman–Crippen MR) is 75.3 cm³/mol. The molecule has 0 saturated carbocycles. The number of benzene rings is 2. The number of rotatable bonds is 4. The topological polar surface area (TPSA) is 63.6 Å². The fourth-order valence-corrected chi connectivity index (χ4v) is 2.43. The average Bonchev–Trinajstić information content (AvgIpc) is 2.39. The summed E-state index contributed by atoms with van der Waals surface area (Å²) in [6, 6.07) is 13.8. The quantitative estimate of drug-likeness (QED) is 0.689. The third-order valence-electron chi connectivity index (χ3n) is 2.40. The van der Waals surface area contributed by atoms with E-state index in [1.165, 1.54) is 18.7 Å². The number of carboxylic acids is 1. The van der Waals surface area contributed by atoms with E-state index in [1.54, 1.807) is 42.5 Å². The number of carbonyl (C=O) groups excluding carboxylic acids is 1. The number of carboxylic acid groups (broad SMARTS) is 1. The molecule has 0 bridgehead atoms. The minimum atomic E-state index is -0.946. The van der Waals surface area contributed by atoms with Gasteiger partial charge in [-0.2, -0.15) is 0 Å². The Hall–Kier alpha value is -2.27. The van der Waals surface area contributed by atoms with Crippen molar-refractivity contribution < 1.29 is 19.4 Å². The Morgan fingerprint density at radius 3 is 2.35 bits per heavy atom. The van der Waals surface area contributed by atoms with Crippen LogP contribution in [0.5, 0.6) is 5.75 Å². The Bertz CT molecular complexity index is 635. The summed E-state index contributed by atoms with van der Waals surface area (Å²) < 4.78 is 5.01. The van der Waals surface area contributed by atoms with E-state index in [-0.39, 0.29) is 11.5 Å². The zero-order valence-corrected chi connectivity index (χ0v) is 11.5. The highest BCUT2D eigenvalue weighted by Gasteiger charge is 2.04. The van der Waals surface area contributed by atoms with E-state index in [0.29, 0.717) is 5.75 Å². The van der Waals surface area contributed by atoms with Gasteiger partial charge in [-0.05, 0) is 42.5 Å². The van der Waals surface area contributed by atoms with Crippen LogP contribution >= 0.6 is 11.8 Å². The molecule has 0 fully saturated rings. The Kier molecular flexibility index (Phi) is 4.42. The van der Waals surface area contributed by atoms with Crippen LogP contribution in [-0.2, 0) is 4.79 Å². The van der Waals surface area contributed by atoms with Crippen molar-refractivity contribution in [1.29, 1.82) is 0 Å². The molecule has 0 amide bonds. The van der Waals surface area contributed by atoms with E-state index in [9.17, 15) is 9.59 Å². The molecule has 0 aliphatic rings. The first-order valence-electron chi connectivity index (χ1n) is 5.84. The van der Waals surface area contributed by atoms with E-state index in [0.717, 1.165) is 9.79 Å². The highest BCUT2D eigenvalue weighted by atomic mass is 32.2. The highest BCUT2D eigenvalue weighted by Crippen LogP contribution is 2.30. The largest absolute Gasteiger partial charge is 0.478 e. The van der Waals surface area contributed by atoms with Gasteiger partial charge < -0.3 is 9.84 Å². The molecule has 0 aliphatic heterocycles. The SMILES string of the molecule is CC(=O)Oc1cccc(Sc2ccc(C(=O)O)cc2)c1. The molecule has 102 valence electrons. The van der Waals surface area contributed by atoms with Crippen molar-refractivity contribution in [2.75, 3.05) is 0 Å². The van der Waals surface area contributed by atoms with Crippen LogP contribution < -0.4 is 4.74 Å². The average molecular weight is 288 g/mol. The van der Waals surface area contributed by atoms with E-state index < -0.39 is 5.97 Å². The van der Waals surface area contributed by atoms with E-state index >= 15 is 0 Å². The van der Waals surface area contributed by atoms with E-state index in [2.05, 4.69) is 0 Å². The van der Waals surface area contributed by atoms with Gasteiger partial charge in [0.1, 0.15) is 5.75 Å². The molecule has 0 heterocycles. The van der Waals surface area contributed by atoms with Crippen LogP contribution in [0.15, 0.2) is 58.3 Å². The lowest BCUT2D eigenvalue weighted by Gasteiger charge is -2.05. The van der Waals surface area contributed by atoms with Crippen molar-refractivity contribution in [2.45, 2.75) is 16.7 Å². The number of carbonyl (C=O) groups is 2. The van der Waals surface area contributed by atoms with Gasteiger partial charge in [0.05, 0.1) is 5.56 Å². The molecule has 0 saturated heterocycles. The first-order valence-corrected chi connectivity index (χ1v) is 6.66. The minimum absolute atomic E-state index is 0.253. The van der Waals surface area contributed by atoms with Crippen LogP contribution in [0.3, 0.4) is 0 Å². The summed E-state index contributed by atoms with van der Waals surface area (Å²) in [5, 5.41) is 8.83. The molecule has 0 spiro atoms. The van der Waals surface area contributed by atoms with Crippen molar-refractivity contribution in [3.63, 3.8) is 0 Å². The summed E-state index contributed by atoms with van der Waals surface area (Å²) in [4.78, 5) is 23.5. The second-order valence-electron chi connectivity index (χ2n) is 4.00. The van der Waals surface area contributed by atoms with Crippen LogP contribution in [-0.4, -0.2) is 17.0 Å². The van der Waals surface area contributed by atoms with Crippen molar-refractivity contribution in [1.82, 2.24) is 0 Å². The molecule has 1 N–H and O–H groups in total. The molecule has 2 aromatic rings. The molecule has 0 unspecified atom stereocenters. The van der Waals surface area contributed by atoms with Crippen molar-refractivity contribution in [2.24, 2.45) is 0 Å². The standard InChI is InChI=1S/C15H12O4S/c1-10(16)19-12-3-2-4-14(9-12)20-13-7-5-11(6-8-13)15(17)18/h2-9H,1H3,(H,17,18). The number of ether oxygens (including phenoxy) is 1. The third-order valence-corrected chi connectivity index (χ3v) is 3.40. The maximum absolute atomic E-state index is 10.9. The van der Waals surface area contributed by atoms with Crippen LogP contribution in [0.25, 0.3) is 0 Å². The van der Waals surface area contributed by atoms with Crippen LogP contribution in [0, 0.1) is 0 Å². The first kappa shape index (κ1) is 14.1. The van der Waals surface area contributed by atoms with Gasteiger partial charge in [-0.3, -0.25) is 4.79 Å². The fourth-order valence-electron chi connectivity index (χ4n) is 1.57. The van der Waals surface area contributed by atoms with Gasteiger partial charge in [0.25, 0.3) is 0 Å². The van der Waals surface area contributed by atoms with Gasteiger partial charge in [-0.1, -0.05) is 17.8 Å². The second kappa shape index (κ2) is 6.25. The number of aromatic carboxylic acids is 1. The molecular weight excluding hydrogens is 276 g/mol. The smallest absolute Gasteiger partial charge is 0.335 e. The Morgan fingerprint density at radius 1 is 1.05 bits per heavy atom. The van der Waals surface area contributed by atoms with E-state index in [4.69, 9.17) is 9.84 Å². The minimum Gasteiger partial charge on any atom is -0.478 e. The van der Waals surface area contributed by atoms with Gasteiger partial charge in [-0.15, -0.1) is 0 Å². The van der Waals surface area contributed by atoms with Gasteiger partial charge >= 0.3 is 11.9 Å². The molecular formula is C15H12O4S. The van der Waals surface area contributed by atoms with Crippen molar-refractivity contribution in [3.8, 4) is 5.75 Å². The summed E-state index contributed by atoms with van der Waals surface area (Å²) in [7, 11) is 0. The predicted octanol–water partition coefficient (Wildman–Crippen LogP) is 3.46. The summed E-state index contributed by atoms with van der Waals surface area (Å²) in [5.74, 6) is -0.818. The fraction of sp³-hybridized carbons (Fsp3) is 0.0667. The lowest BCUT2D eigenvalue weighted by molar-refractivity contribution is -0.131. The van der Waals surface area contributed by atoms with Crippen LogP contribution in [0.4, 0.5) is 0 Å². The second-order valence-corrected chi connectivity index (χ2v) is 5.15. The van der Waals surface area contributed by atoms with E-state index in [1.807, 2.05) is 6.07 Å². The molecule has 0 atom stereocenters. The first-order chi connectivity index (χ1) is 9.54. The van der Waals surface area contributed by atoms with Crippen LogP contribution in [0.2, 0.25) is 0 Å². The molecule has 4 nitrogen and oxygen atoms in total. The zero-order chi connectivity index (χ0) is 14.5. The Morgan fingerprint density at radius 2 is 1.75 bits per heavy atom. The summed E-state index contributed by atoms with van der Waals surface area (Å²) in [6.07, 6.45) is 0. The van der Waals surface area contributed by atoms with Gasteiger partial charge in [0.15, 0.2) is 0 Å². The van der Waals surface area contributed by atoms with Crippen LogP contribution in [0.1, 0.15) is 17.3 Å². The van der Waals surface area contributed by atoms with Crippen molar-refractivity contribution in [3.05, 3.63) is 54.1 Å². The molecule has 0 aromatic heterocycles. The number of hydrogen-bond donors (Lipinski definition) is 1. The molecule has 2 aromatic carbocycles. The molecule has 0 aliphatic carbocycles. The molecule has 20 heavy (non-hydrogen) atoms. The van der Waals surface area contributed by atoms with Gasteiger partial charge in [0.2, 0.25) is 0 Å².